The maximum absolute atomic E-state index is 12.5. The summed E-state index contributed by atoms with van der Waals surface area (Å²) in [6.45, 7) is 5.67. The topological polar surface area (TPSA) is 59.6 Å². The average Bonchev–Trinajstić information content (AvgIpc) is 2.60. The number of hydrogen-bond acceptors (Lipinski definition) is 4. The number of benzene rings is 1. The van der Waals surface area contributed by atoms with E-state index in [1.165, 1.54) is 5.56 Å². The molecule has 1 heterocycles. The summed E-state index contributed by atoms with van der Waals surface area (Å²) in [6.07, 6.45) is 3.51. The Balaban J connectivity index is 1.63. The summed E-state index contributed by atoms with van der Waals surface area (Å²) in [5.41, 5.74) is 0.867. The molecule has 1 amide bonds. The van der Waals surface area contributed by atoms with Crippen LogP contribution in [0.5, 0.6) is 5.75 Å². The lowest BCUT2D eigenvalue weighted by atomic mass is 9.78. The van der Waals surface area contributed by atoms with Crippen LogP contribution < -0.4 is 15.4 Å². The van der Waals surface area contributed by atoms with Gasteiger partial charge in [-0.25, -0.2) is 0 Å². The number of unbranched alkanes of at least 4 members (excludes halogenated alkanes) is 1. The third-order valence-electron chi connectivity index (χ3n) is 4.61. The Morgan fingerprint density at radius 3 is 2.58 bits per heavy atom. The zero-order chi connectivity index (χ0) is 17.3. The molecule has 2 rings (SSSR count). The molecule has 0 aliphatic carbocycles. The van der Waals surface area contributed by atoms with Crippen LogP contribution in [0.3, 0.4) is 0 Å². The standard InChI is InChI=1S/C19H30N2O3/c1-16-5-7-17(8-6-16)24-14-4-3-11-21-18(22)19(15-23-2)9-12-20-13-10-19/h5-8,20H,3-4,9-15H2,1-2H3,(H,21,22). The molecule has 1 saturated heterocycles. The highest BCUT2D eigenvalue weighted by Gasteiger charge is 2.39. The highest BCUT2D eigenvalue weighted by Crippen LogP contribution is 2.29. The van der Waals surface area contributed by atoms with Crippen LogP contribution in [0, 0.1) is 12.3 Å². The van der Waals surface area contributed by atoms with Gasteiger partial charge >= 0.3 is 0 Å². The van der Waals surface area contributed by atoms with E-state index in [-0.39, 0.29) is 11.3 Å². The molecule has 0 saturated carbocycles. The Morgan fingerprint density at radius 2 is 1.92 bits per heavy atom. The first-order valence-electron chi connectivity index (χ1n) is 8.84. The fraction of sp³-hybridized carbons (Fsp3) is 0.632. The monoisotopic (exact) mass is 334 g/mol. The largest absolute Gasteiger partial charge is 0.494 e. The third kappa shape index (κ3) is 5.49. The van der Waals surface area contributed by atoms with Crippen LogP contribution in [0.2, 0.25) is 0 Å². The number of aryl methyl sites for hydroxylation is 1. The molecule has 2 N–H and O–H groups in total. The minimum Gasteiger partial charge on any atom is -0.494 e. The van der Waals surface area contributed by atoms with E-state index in [9.17, 15) is 4.79 Å². The van der Waals surface area contributed by atoms with E-state index in [1.807, 2.05) is 24.3 Å². The van der Waals surface area contributed by atoms with Gasteiger partial charge in [-0.05, 0) is 57.8 Å². The molecule has 1 fully saturated rings. The maximum Gasteiger partial charge on any atom is 0.228 e. The summed E-state index contributed by atoms with van der Waals surface area (Å²) < 4.78 is 11.0. The van der Waals surface area contributed by atoms with E-state index < -0.39 is 0 Å². The average molecular weight is 334 g/mol. The lowest BCUT2D eigenvalue weighted by Gasteiger charge is -2.35. The van der Waals surface area contributed by atoms with Gasteiger partial charge in [0, 0.05) is 13.7 Å². The molecule has 1 aliphatic rings. The Kier molecular flexibility index (Phi) is 7.53. The summed E-state index contributed by atoms with van der Waals surface area (Å²) in [6, 6.07) is 8.07. The summed E-state index contributed by atoms with van der Waals surface area (Å²) in [4.78, 5) is 12.5. The Labute approximate surface area is 145 Å². The van der Waals surface area contributed by atoms with Crippen molar-refractivity contribution >= 4 is 5.91 Å². The van der Waals surface area contributed by atoms with Gasteiger partial charge in [-0.2, -0.15) is 0 Å². The smallest absolute Gasteiger partial charge is 0.228 e. The van der Waals surface area contributed by atoms with Crippen LogP contribution >= 0.6 is 0 Å². The minimum atomic E-state index is -0.363. The lowest BCUT2D eigenvalue weighted by molar-refractivity contribution is -0.136. The highest BCUT2D eigenvalue weighted by molar-refractivity contribution is 5.82. The molecular formula is C19H30N2O3. The van der Waals surface area contributed by atoms with Crippen molar-refractivity contribution < 1.29 is 14.3 Å². The van der Waals surface area contributed by atoms with Crippen molar-refractivity contribution in [1.29, 1.82) is 0 Å². The van der Waals surface area contributed by atoms with Crippen LogP contribution in [0.1, 0.15) is 31.2 Å². The van der Waals surface area contributed by atoms with Gasteiger partial charge in [0.25, 0.3) is 0 Å². The van der Waals surface area contributed by atoms with Crippen LogP contribution in [0.25, 0.3) is 0 Å². The number of piperidine rings is 1. The number of amides is 1. The molecule has 0 aromatic heterocycles. The summed E-state index contributed by atoms with van der Waals surface area (Å²) in [7, 11) is 1.67. The van der Waals surface area contributed by atoms with Gasteiger partial charge < -0.3 is 20.1 Å². The third-order valence-corrected chi connectivity index (χ3v) is 4.61. The summed E-state index contributed by atoms with van der Waals surface area (Å²) in [5.74, 6) is 1.03. The molecule has 1 aliphatic heterocycles. The Morgan fingerprint density at radius 1 is 1.21 bits per heavy atom. The first kappa shape index (κ1) is 18.7. The molecule has 1 aromatic rings. The Bertz CT molecular complexity index is 490. The molecule has 0 bridgehead atoms. The summed E-state index contributed by atoms with van der Waals surface area (Å²) in [5, 5.41) is 6.39. The van der Waals surface area contributed by atoms with E-state index in [0.717, 1.165) is 44.5 Å². The number of carbonyl (C=O) groups is 1. The molecule has 5 nitrogen and oxygen atoms in total. The molecule has 5 heteroatoms. The summed E-state index contributed by atoms with van der Waals surface area (Å²) >= 11 is 0. The van der Waals surface area contributed by atoms with Crippen molar-refractivity contribution in [2.24, 2.45) is 5.41 Å². The van der Waals surface area contributed by atoms with Crippen molar-refractivity contribution in [3.05, 3.63) is 29.8 Å². The zero-order valence-electron chi connectivity index (χ0n) is 14.9. The van der Waals surface area contributed by atoms with E-state index >= 15 is 0 Å². The van der Waals surface area contributed by atoms with Gasteiger partial charge in [-0.1, -0.05) is 17.7 Å². The highest BCUT2D eigenvalue weighted by atomic mass is 16.5. The van der Waals surface area contributed by atoms with Crippen LogP contribution in [-0.2, 0) is 9.53 Å². The van der Waals surface area contributed by atoms with Gasteiger partial charge in [-0.15, -0.1) is 0 Å². The van der Waals surface area contributed by atoms with Gasteiger partial charge in [0.2, 0.25) is 5.91 Å². The second-order valence-corrected chi connectivity index (χ2v) is 6.59. The number of rotatable bonds is 9. The SMILES string of the molecule is COCC1(C(=O)NCCCCOc2ccc(C)cc2)CCNCC1. The van der Waals surface area contributed by atoms with E-state index in [2.05, 4.69) is 17.6 Å². The predicted molar refractivity (Wildman–Crippen MR) is 95.3 cm³/mol. The molecular weight excluding hydrogens is 304 g/mol. The zero-order valence-corrected chi connectivity index (χ0v) is 14.9. The molecule has 1 aromatic carbocycles. The Hall–Kier alpha value is -1.59. The van der Waals surface area contributed by atoms with E-state index in [1.54, 1.807) is 7.11 Å². The maximum atomic E-state index is 12.5. The van der Waals surface area contributed by atoms with Crippen molar-refractivity contribution in [3.8, 4) is 5.75 Å². The van der Waals surface area contributed by atoms with Crippen molar-refractivity contribution in [2.75, 3.05) is 40.0 Å². The normalized spacial score (nSPS) is 16.6. The molecule has 0 unspecified atom stereocenters. The van der Waals surface area contributed by atoms with E-state index in [4.69, 9.17) is 9.47 Å². The van der Waals surface area contributed by atoms with Crippen LogP contribution in [-0.4, -0.2) is 45.9 Å². The van der Waals surface area contributed by atoms with Crippen LogP contribution in [0.4, 0.5) is 0 Å². The van der Waals surface area contributed by atoms with Crippen LogP contribution in [0.15, 0.2) is 24.3 Å². The van der Waals surface area contributed by atoms with Gasteiger partial charge in [0.05, 0.1) is 18.6 Å². The van der Waals surface area contributed by atoms with Gasteiger partial charge in [0.15, 0.2) is 0 Å². The van der Waals surface area contributed by atoms with Crippen molar-refractivity contribution in [1.82, 2.24) is 10.6 Å². The minimum absolute atomic E-state index is 0.130. The lowest BCUT2D eigenvalue weighted by Crippen LogP contribution is -2.50. The molecule has 0 spiro atoms. The number of methoxy groups -OCH3 is 1. The second kappa shape index (κ2) is 9.64. The first-order valence-corrected chi connectivity index (χ1v) is 8.84. The second-order valence-electron chi connectivity index (χ2n) is 6.59. The molecule has 134 valence electrons. The predicted octanol–water partition coefficient (Wildman–Crippen LogP) is 2.29. The van der Waals surface area contributed by atoms with Crippen molar-refractivity contribution in [3.63, 3.8) is 0 Å². The molecule has 0 radical (unpaired) electrons. The first-order chi connectivity index (χ1) is 11.7. The quantitative estimate of drug-likeness (QED) is 0.680. The van der Waals surface area contributed by atoms with Gasteiger partial charge in [0.1, 0.15) is 5.75 Å². The fourth-order valence-corrected chi connectivity index (χ4v) is 3.06. The van der Waals surface area contributed by atoms with Crippen molar-refractivity contribution in [2.45, 2.75) is 32.6 Å². The number of nitrogens with one attached hydrogen (secondary N) is 2. The number of ether oxygens (including phenoxy) is 2. The van der Waals surface area contributed by atoms with Gasteiger partial charge in [-0.3, -0.25) is 4.79 Å². The fourth-order valence-electron chi connectivity index (χ4n) is 3.06. The number of hydrogen-bond donors (Lipinski definition) is 2. The molecule has 24 heavy (non-hydrogen) atoms. The number of carbonyl (C=O) groups excluding carboxylic acids is 1. The van der Waals surface area contributed by atoms with E-state index in [0.29, 0.717) is 19.8 Å². The molecule has 0 atom stereocenters.